The largest absolute Gasteiger partial charge is 0.349 e. The third kappa shape index (κ3) is 4.26. The van der Waals surface area contributed by atoms with Crippen molar-refractivity contribution < 1.29 is 9.72 Å². The Labute approximate surface area is 147 Å². The van der Waals surface area contributed by atoms with E-state index in [1.807, 2.05) is 0 Å². The number of hydrogen-bond donors (Lipinski definition) is 1. The van der Waals surface area contributed by atoms with Gasteiger partial charge in [0.05, 0.1) is 4.92 Å². The number of hydrogen-bond acceptors (Lipinski definition) is 3. The standard InChI is InChI=1S/C18H25ClN2O3/c1-4-18(2,3)13-6-8-14(9-7-13)20-17(22)12-5-10-15(19)16(11-12)21(23)24/h5,10-11,13-14H,4,6-9H2,1-3H3,(H,20,22). The Morgan fingerprint density at radius 3 is 2.50 bits per heavy atom. The number of nitro benzene ring substituents is 1. The van der Waals surface area contributed by atoms with Gasteiger partial charge in [0, 0.05) is 17.7 Å². The van der Waals surface area contributed by atoms with Crippen molar-refractivity contribution in [3.05, 3.63) is 38.9 Å². The molecule has 1 fully saturated rings. The Morgan fingerprint density at radius 2 is 1.96 bits per heavy atom. The summed E-state index contributed by atoms with van der Waals surface area (Å²) in [5, 5.41) is 14.0. The lowest BCUT2D eigenvalue weighted by Gasteiger charge is -2.39. The van der Waals surface area contributed by atoms with Gasteiger partial charge >= 0.3 is 0 Å². The third-order valence-corrected chi connectivity index (χ3v) is 5.80. The van der Waals surface area contributed by atoms with Crippen LogP contribution in [0.2, 0.25) is 5.02 Å². The van der Waals surface area contributed by atoms with E-state index >= 15 is 0 Å². The zero-order chi connectivity index (χ0) is 17.9. The molecule has 24 heavy (non-hydrogen) atoms. The quantitative estimate of drug-likeness (QED) is 0.600. The zero-order valence-electron chi connectivity index (χ0n) is 14.5. The van der Waals surface area contributed by atoms with Gasteiger partial charge in [0.1, 0.15) is 5.02 Å². The monoisotopic (exact) mass is 352 g/mol. The highest BCUT2D eigenvalue weighted by Gasteiger charge is 2.32. The minimum atomic E-state index is -0.572. The van der Waals surface area contributed by atoms with Gasteiger partial charge in [-0.2, -0.15) is 0 Å². The van der Waals surface area contributed by atoms with E-state index in [0.29, 0.717) is 11.3 Å². The van der Waals surface area contributed by atoms with Crippen molar-refractivity contribution in [2.45, 2.75) is 58.9 Å². The summed E-state index contributed by atoms with van der Waals surface area (Å²) in [5.74, 6) is 0.417. The number of benzene rings is 1. The predicted octanol–water partition coefficient (Wildman–Crippen LogP) is 4.97. The maximum Gasteiger partial charge on any atom is 0.288 e. The maximum absolute atomic E-state index is 12.4. The first-order chi connectivity index (χ1) is 11.2. The topological polar surface area (TPSA) is 72.2 Å². The fourth-order valence-electron chi connectivity index (χ4n) is 3.37. The molecule has 1 aliphatic carbocycles. The molecule has 1 amide bonds. The molecule has 0 aliphatic heterocycles. The first-order valence-corrected chi connectivity index (χ1v) is 8.87. The van der Waals surface area contributed by atoms with Crippen LogP contribution in [0.15, 0.2) is 18.2 Å². The van der Waals surface area contributed by atoms with Crippen molar-refractivity contribution >= 4 is 23.2 Å². The van der Waals surface area contributed by atoms with Gasteiger partial charge in [0.25, 0.3) is 11.6 Å². The average molecular weight is 353 g/mol. The number of halogens is 1. The molecule has 5 nitrogen and oxygen atoms in total. The molecule has 6 heteroatoms. The molecule has 1 aromatic rings. The van der Waals surface area contributed by atoms with Crippen LogP contribution in [0.1, 0.15) is 63.2 Å². The average Bonchev–Trinajstić information content (AvgIpc) is 2.55. The fraction of sp³-hybridized carbons (Fsp3) is 0.611. The maximum atomic E-state index is 12.4. The van der Waals surface area contributed by atoms with Crippen molar-refractivity contribution in [1.29, 1.82) is 0 Å². The molecule has 0 unspecified atom stereocenters. The van der Waals surface area contributed by atoms with Crippen molar-refractivity contribution in [2.75, 3.05) is 0 Å². The van der Waals surface area contributed by atoms with Gasteiger partial charge in [0.15, 0.2) is 0 Å². The summed E-state index contributed by atoms with van der Waals surface area (Å²) in [6, 6.07) is 4.30. The summed E-state index contributed by atoms with van der Waals surface area (Å²) < 4.78 is 0. The summed E-state index contributed by atoms with van der Waals surface area (Å²) in [5.41, 5.74) is 0.381. The van der Waals surface area contributed by atoms with Crippen molar-refractivity contribution in [3.63, 3.8) is 0 Å². The minimum Gasteiger partial charge on any atom is -0.349 e. The molecule has 0 spiro atoms. The van der Waals surface area contributed by atoms with Crippen LogP contribution in [0.4, 0.5) is 5.69 Å². The van der Waals surface area contributed by atoms with Gasteiger partial charge < -0.3 is 5.32 Å². The van der Waals surface area contributed by atoms with Gasteiger partial charge in [-0.05, 0) is 49.1 Å². The van der Waals surface area contributed by atoms with Gasteiger partial charge in [0.2, 0.25) is 0 Å². The number of nitrogens with zero attached hydrogens (tertiary/aromatic N) is 1. The lowest BCUT2D eigenvalue weighted by molar-refractivity contribution is -0.384. The van der Waals surface area contributed by atoms with Gasteiger partial charge in [-0.25, -0.2) is 0 Å². The van der Waals surface area contributed by atoms with Crippen LogP contribution < -0.4 is 5.32 Å². The number of nitrogens with one attached hydrogen (secondary N) is 1. The highest BCUT2D eigenvalue weighted by molar-refractivity contribution is 6.32. The molecular formula is C18H25ClN2O3. The summed E-state index contributed by atoms with van der Waals surface area (Å²) in [6.07, 6.45) is 5.27. The summed E-state index contributed by atoms with van der Waals surface area (Å²) in [7, 11) is 0. The smallest absolute Gasteiger partial charge is 0.288 e. The molecule has 1 N–H and O–H groups in total. The van der Waals surface area contributed by atoms with E-state index in [0.717, 1.165) is 32.1 Å². The van der Waals surface area contributed by atoms with Crippen LogP contribution in [0.25, 0.3) is 0 Å². The molecule has 0 heterocycles. The van der Waals surface area contributed by atoms with Gasteiger partial charge in [-0.3, -0.25) is 14.9 Å². The third-order valence-electron chi connectivity index (χ3n) is 5.48. The molecule has 0 saturated heterocycles. The normalized spacial score (nSPS) is 21.3. The van der Waals surface area contributed by atoms with E-state index in [-0.39, 0.29) is 28.2 Å². The van der Waals surface area contributed by atoms with Gasteiger partial charge in [-0.15, -0.1) is 0 Å². The molecule has 132 valence electrons. The first kappa shape index (κ1) is 18.7. The second kappa shape index (κ2) is 7.51. The van der Waals surface area contributed by atoms with Crippen LogP contribution in [0.3, 0.4) is 0 Å². The van der Waals surface area contributed by atoms with Crippen molar-refractivity contribution in [1.82, 2.24) is 5.32 Å². The SMILES string of the molecule is CCC(C)(C)C1CCC(NC(=O)c2ccc(Cl)c([N+](=O)[O-])c2)CC1. The Bertz CT molecular complexity index is 623. The number of rotatable bonds is 5. The van der Waals surface area contributed by atoms with Crippen LogP contribution in [-0.4, -0.2) is 16.9 Å². The molecule has 0 radical (unpaired) electrons. The Balaban J connectivity index is 1.97. The first-order valence-electron chi connectivity index (χ1n) is 8.49. The second-order valence-corrected chi connectivity index (χ2v) is 7.69. The molecule has 0 atom stereocenters. The van der Waals surface area contributed by atoms with Crippen LogP contribution >= 0.6 is 11.6 Å². The number of carbonyl (C=O) groups is 1. The van der Waals surface area contributed by atoms with E-state index in [2.05, 4.69) is 26.1 Å². The molecular weight excluding hydrogens is 328 g/mol. The molecule has 1 saturated carbocycles. The number of amides is 1. The number of nitro groups is 1. The number of carbonyl (C=O) groups excluding carboxylic acids is 1. The van der Waals surface area contributed by atoms with Crippen LogP contribution in [0, 0.1) is 21.4 Å². The Morgan fingerprint density at radius 1 is 1.33 bits per heavy atom. The molecule has 1 aromatic carbocycles. The Kier molecular flexibility index (Phi) is 5.86. The van der Waals surface area contributed by atoms with Crippen LogP contribution in [-0.2, 0) is 0 Å². The van der Waals surface area contributed by atoms with E-state index < -0.39 is 4.92 Å². The van der Waals surface area contributed by atoms with Crippen LogP contribution in [0.5, 0.6) is 0 Å². The molecule has 2 rings (SSSR count). The fourth-order valence-corrected chi connectivity index (χ4v) is 3.56. The van der Waals surface area contributed by atoms with E-state index in [1.165, 1.54) is 18.2 Å². The lowest BCUT2D eigenvalue weighted by atomic mass is 9.69. The van der Waals surface area contributed by atoms with E-state index in [9.17, 15) is 14.9 Å². The highest BCUT2D eigenvalue weighted by atomic mass is 35.5. The summed E-state index contributed by atoms with van der Waals surface area (Å²) in [6.45, 7) is 6.84. The second-order valence-electron chi connectivity index (χ2n) is 7.29. The molecule has 0 bridgehead atoms. The summed E-state index contributed by atoms with van der Waals surface area (Å²) >= 11 is 5.79. The Hall–Kier alpha value is -1.62. The summed E-state index contributed by atoms with van der Waals surface area (Å²) in [4.78, 5) is 22.7. The van der Waals surface area contributed by atoms with E-state index in [4.69, 9.17) is 11.6 Å². The van der Waals surface area contributed by atoms with E-state index in [1.54, 1.807) is 0 Å². The zero-order valence-corrected chi connectivity index (χ0v) is 15.2. The highest BCUT2D eigenvalue weighted by Crippen LogP contribution is 2.40. The minimum absolute atomic E-state index is 0.0406. The molecule has 1 aliphatic rings. The van der Waals surface area contributed by atoms with Crippen molar-refractivity contribution in [2.24, 2.45) is 11.3 Å². The van der Waals surface area contributed by atoms with Crippen molar-refractivity contribution in [3.8, 4) is 0 Å². The van der Waals surface area contributed by atoms with Gasteiger partial charge in [-0.1, -0.05) is 38.8 Å². The lowest BCUT2D eigenvalue weighted by Crippen LogP contribution is -2.39. The molecule has 0 aromatic heterocycles. The predicted molar refractivity (Wildman–Crippen MR) is 95.4 cm³/mol.